The predicted octanol–water partition coefficient (Wildman–Crippen LogP) is 2.86. The van der Waals surface area contributed by atoms with Crippen LogP contribution in [0.1, 0.15) is 26.1 Å². The molecule has 0 aliphatic rings. The summed E-state index contributed by atoms with van der Waals surface area (Å²) in [6.07, 6.45) is 2.19. The molecule has 1 N–H and O–H groups in total. The van der Waals surface area contributed by atoms with Gasteiger partial charge in [0, 0.05) is 26.6 Å². The number of nitrogens with one attached hydrogen (secondary N) is 1. The zero-order chi connectivity index (χ0) is 15.1. The predicted molar refractivity (Wildman–Crippen MR) is 87.6 cm³/mol. The number of aryl methyl sites for hydroxylation is 2. The Labute approximate surface area is 127 Å². The van der Waals surface area contributed by atoms with Crippen LogP contribution in [0.25, 0.3) is 11.0 Å². The molecule has 0 bridgehead atoms. The first-order chi connectivity index (χ1) is 10.3. The molecule has 0 radical (unpaired) electrons. The lowest BCUT2D eigenvalue weighted by Gasteiger charge is -2.13. The van der Waals surface area contributed by atoms with Crippen LogP contribution in [-0.2, 0) is 17.7 Å². The maximum absolute atomic E-state index is 5.04. The maximum atomic E-state index is 5.04. The third-order valence-corrected chi connectivity index (χ3v) is 3.89. The van der Waals surface area contributed by atoms with Crippen LogP contribution in [0.3, 0.4) is 0 Å². The van der Waals surface area contributed by atoms with E-state index in [1.54, 1.807) is 7.11 Å². The number of hydrogen-bond acceptors (Lipinski definition) is 3. The zero-order valence-electron chi connectivity index (χ0n) is 13.4. The molecular formula is C17H27N3O. The van der Waals surface area contributed by atoms with Gasteiger partial charge in [0.2, 0.25) is 0 Å². The number of para-hydroxylation sites is 2. The van der Waals surface area contributed by atoms with E-state index in [1.807, 2.05) is 0 Å². The topological polar surface area (TPSA) is 39.1 Å². The fourth-order valence-corrected chi connectivity index (χ4v) is 2.67. The second-order valence-electron chi connectivity index (χ2n) is 5.60. The molecule has 2 rings (SSSR count). The first kappa shape index (κ1) is 16.0. The van der Waals surface area contributed by atoms with Crippen LogP contribution in [-0.4, -0.2) is 36.4 Å². The number of hydrogen-bond donors (Lipinski definition) is 1. The van der Waals surface area contributed by atoms with E-state index in [0.29, 0.717) is 5.92 Å². The van der Waals surface area contributed by atoms with Crippen molar-refractivity contribution >= 4 is 11.0 Å². The summed E-state index contributed by atoms with van der Waals surface area (Å²) in [6, 6.07) is 8.40. The molecule has 0 aliphatic heterocycles. The largest absolute Gasteiger partial charge is 0.383 e. The third kappa shape index (κ3) is 4.29. The average molecular weight is 289 g/mol. The average Bonchev–Trinajstić information content (AvgIpc) is 2.87. The molecule has 1 atom stereocenters. The van der Waals surface area contributed by atoms with E-state index in [2.05, 4.69) is 48.0 Å². The Balaban J connectivity index is 1.90. The Morgan fingerprint density at radius 2 is 2.14 bits per heavy atom. The van der Waals surface area contributed by atoms with Gasteiger partial charge in [0.15, 0.2) is 0 Å². The van der Waals surface area contributed by atoms with Gasteiger partial charge in [0.25, 0.3) is 0 Å². The molecule has 116 valence electrons. The van der Waals surface area contributed by atoms with Gasteiger partial charge in [0.1, 0.15) is 5.82 Å². The van der Waals surface area contributed by atoms with Crippen LogP contribution in [0, 0.1) is 5.92 Å². The molecule has 0 spiro atoms. The maximum Gasteiger partial charge on any atom is 0.109 e. The second kappa shape index (κ2) is 8.15. The van der Waals surface area contributed by atoms with Crippen molar-refractivity contribution in [2.75, 3.05) is 26.8 Å². The van der Waals surface area contributed by atoms with E-state index in [-0.39, 0.29) is 0 Å². The Bertz CT molecular complexity index is 550. The van der Waals surface area contributed by atoms with Gasteiger partial charge in [0.05, 0.1) is 17.6 Å². The molecule has 1 aromatic carbocycles. The van der Waals surface area contributed by atoms with Crippen molar-refractivity contribution < 1.29 is 4.74 Å². The number of imidazole rings is 1. The second-order valence-corrected chi connectivity index (χ2v) is 5.60. The number of rotatable bonds is 9. The lowest BCUT2D eigenvalue weighted by Crippen LogP contribution is -2.25. The van der Waals surface area contributed by atoms with Crippen molar-refractivity contribution in [3.8, 4) is 0 Å². The van der Waals surface area contributed by atoms with Gasteiger partial charge in [-0.2, -0.15) is 0 Å². The summed E-state index contributed by atoms with van der Waals surface area (Å²) in [5.41, 5.74) is 2.36. The van der Waals surface area contributed by atoms with Gasteiger partial charge in [-0.15, -0.1) is 0 Å². The highest BCUT2D eigenvalue weighted by Gasteiger charge is 2.10. The molecule has 4 nitrogen and oxygen atoms in total. The molecule has 4 heteroatoms. The Hall–Kier alpha value is -1.39. The Morgan fingerprint density at radius 3 is 2.90 bits per heavy atom. The molecule has 0 aliphatic carbocycles. The molecular weight excluding hydrogens is 262 g/mol. The quantitative estimate of drug-likeness (QED) is 0.722. The summed E-state index contributed by atoms with van der Waals surface area (Å²) in [4.78, 5) is 4.79. The van der Waals surface area contributed by atoms with Crippen LogP contribution < -0.4 is 5.32 Å². The van der Waals surface area contributed by atoms with Gasteiger partial charge in [-0.25, -0.2) is 4.98 Å². The van der Waals surface area contributed by atoms with E-state index in [1.165, 1.54) is 11.3 Å². The van der Waals surface area contributed by atoms with Crippen LogP contribution in [0.15, 0.2) is 24.3 Å². The van der Waals surface area contributed by atoms with E-state index in [9.17, 15) is 0 Å². The van der Waals surface area contributed by atoms with Crippen LogP contribution in [0.5, 0.6) is 0 Å². The normalized spacial score (nSPS) is 12.9. The summed E-state index contributed by atoms with van der Waals surface area (Å²) in [5, 5.41) is 3.43. The van der Waals surface area contributed by atoms with Gasteiger partial charge < -0.3 is 14.6 Å². The molecule has 1 heterocycles. The number of fused-ring (bicyclic) bond motifs is 1. The monoisotopic (exact) mass is 289 g/mol. The van der Waals surface area contributed by atoms with Crippen molar-refractivity contribution in [1.82, 2.24) is 14.9 Å². The minimum absolute atomic E-state index is 0.645. The summed E-state index contributed by atoms with van der Waals surface area (Å²) in [6.45, 7) is 8.20. The number of methoxy groups -OCH3 is 1. The minimum Gasteiger partial charge on any atom is -0.383 e. The number of aromatic nitrogens is 2. The van der Waals surface area contributed by atoms with Gasteiger partial charge in [-0.1, -0.05) is 19.1 Å². The van der Waals surface area contributed by atoms with Crippen LogP contribution in [0.4, 0.5) is 0 Å². The molecule has 0 saturated carbocycles. The molecule has 2 aromatic rings. The lowest BCUT2D eigenvalue weighted by atomic mass is 10.1. The van der Waals surface area contributed by atoms with Crippen molar-refractivity contribution in [3.63, 3.8) is 0 Å². The Kier molecular flexibility index (Phi) is 6.21. The van der Waals surface area contributed by atoms with Crippen LogP contribution >= 0.6 is 0 Å². The molecule has 0 amide bonds. The van der Waals surface area contributed by atoms with Gasteiger partial charge in [-0.05, 0) is 37.9 Å². The summed E-state index contributed by atoms with van der Waals surface area (Å²) >= 11 is 0. The number of ether oxygens (including phenoxy) is 1. The molecule has 1 aromatic heterocycles. The molecule has 21 heavy (non-hydrogen) atoms. The molecule has 1 unspecified atom stereocenters. The summed E-state index contributed by atoms with van der Waals surface area (Å²) in [5.74, 6) is 1.86. The van der Waals surface area contributed by atoms with Crippen molar-refractivity contribution in [2.24, 2.45) is 5.92 Å². The highest BCUT2D eigenvalue weighted by molar-refractivity contribution is 5.75. The lowest BCUT2D eigenvalue weighted by molar-refractivity contribution is 0.198. The minimum atomic E-state index is 0.645. The van der Waals surface area contributed by atoms with E-state index in [4.69, 9.17) is 9.72 Å². The SMILES string of the molecule is CCn1c(CCC(C)CNCCOC)nc2ccccc21. The molecule has 0 fully saturated rings. The fraction of sp³-hybridized carbons (Fsp3) is 0.588. The van der Waals surface area contributed by atoms with E-state index < -0.39 is 0 Å². The van der Waals surface area contributed by atoms with E-state index in [0.717, 1.165) is 44.6 Å². The standard InChI is InChI=1S/C17H27N3O/c1-4-20-16-8-6-5-7-15(16)19-17(20)10-9-14(2)13-18-11-12-21-3/h5-8,14,18H,4,9-13H2,1-3H3. The molecule has 0 saturated heterocycles. The first-order valence-electron chi connectivity index (χ1n) is 7.90. The van der Waals surface area contributed by atoms with Gasteiger partial charge in [-0.3, -0.25) is 0 Å². The van der Waals surface area contributed by atoms with Crippen molar-refractivity contribution in [2.45, 2.75) is 33.2 Å². The third-order valence-electron chi connectivity index (χ3n) is 3.89. The Morgan fingerprint density at radius 1 is 1.33 bits per heavy atom. The van der Waals surface area contributed by atoms with Crippen LogP contribution in [0.2, 0.25) is 0 Å². The summed E-state index contributed by atoms with van der Waals surface area (Å²) < 4.78 is 7.37. The first-order valence-corrected chi connectivity index (χ1v) is 7.90. The van der Waals surface area contributed by atoms with Gasteiger partial charge >= 0.3 is 0 Å². The number of nitrogens with zero attached hydrogens (tertiary/aromatic N) is 2. The fourth-order valence-electron chi connectivity index (χ4n) is 2.67. The smallest absolute Gasteiger partial charge is 0.109 e. The highest BCUT2D eigenvalue weighted by atomic mass is 16.5. The van der Waals surface area contributed by atoms with Crippen molar-refractivity contribution in [1.29, 1.82) is 0 Å². The zero-order valence-corrected chi connectivity index (χ0v) is 13.4. The summed E-state index contributed by atoms with van der Waals surface area (Å²) in [7, 11) is 1.74. The highest BCUT2D eigenvalue weighted by Crippen LogP contribution is 2.18. The van der Waals surface area contributed by atoms with Crippen molar-refractivity contribution in [3.05, 3.63) is 30.1 Å². The number of benzene rings is 1. The van der Waals surface area contributed by atoms with E-state index >= 15 is 0 Å².